The largest absolute Gasteiger partial charge is 0.497 e. The first-order valence-corrected chi connectivity index (χ1v) is 14.0. The van der Waals surface area contributed by atoms with Crippen molar-refractivity contribution in [3.8, 4) is 16.9 Å². The molecule has 4 nitrogen and oxygen atoms in total. The van der Waals surface area contributed by atoms with Crippen molar-refractivity contribution in [2.45, 2.75) is 92.9 Å². The van der Waals surface area contributed by atoms with Gasteiger partial charge < -0.3 is 4.74 Å². The molecule has 0 saturated carbocycles. The SMILES string of the molecule is CCC.CCCC(CC1CC(=O)c2c(ccc(-c3ccc(OC)cc3)c2C)C1)C(CC)C(=O)CC(C)=O. The molecule has 3 atom stereocenters. The van der Waals surface area contributed by atoms with E-state index in [4.69, 9.17) is 4.74 Å². The summed E-state index contributed by atoms with van der Waals surface area (Å²) in [6.45, 7) is 12.0. The highest BCUT2D eigenvalue weighted by molar-refractivity contribution is 6.02. The van der Waals surface area contributed by atoms with Gasteiger partial charge in [-0.25, -0.2) is 0 Å². The minimum Gasteiger partial charge on any atom is -0.497 e. The summed E-state index contributed by atoms with van der Waals surface area (Å²) in [7, 11) is 1.65. The summed E-state index contributed by atoms with van der Waals surface area (Å²) in [5.41, 5.74) is 5.19. The zero-order chi connectivity index (χ0) is 27.5. The van der Waals surface area contributed by atoms with E-state index in [0.29, 0.717) is 6.42 Å². The van der Waals surface area contributed by atoms with Gasteiger partial charge in [-0.3, -0.25) is 14.4 Å². The van der Waals surface area contributed by atoms with Crippen molar-refractivity contribution in [1.82, 2.24) is 0 Å². The number of fused-ring (bicyclic) bond motifs is 1. The van der Waals surface area contributed by atoms with Crippen molar-refractivity contribution in [3.05, 3.63) is 53.1 Å². The smallest absolute Gasteiger partial charge is 0.163 e. The van der Waals surface area contributed by atoms with Gasteiger partial charge in [-0.2, -0.15) is 0 Å². The van der Waals surface area contributed by atoms with E-state index in [9.17, 15) is 14.4 Å². The summed E-state index contributed by atoms with van der Waals surface area (Å²) in [6, 6.07) is 12.2. The molecule has 0 spiro atoms. The Morgan fingerprint density at radius 2 is 1.65 bits per heavy atom. The quantitative estimate of drug-likeness (QED) is 0.288. The van der Waals surface area contributed by atoms with Crippen LogP contribution in [-0.2, 0) is 16.0 Å². The molecule has 0 amide bonds. The second kappa shape index (κ2) is 14.9. The van der Waals surface area contributed by atoms with Gasteiger partial charge in [0.05, 0.1) is 13.5 Å². The van der Waals surface area contributed by atoms with Crippen LogP contribution < -0.4 is 4.74 Å². The molecule has 202 valence electrons. The topological polar surface area (TPSA) is 60.4 Å². The molecule has 0 fully saturated rings. The van der Waals surface area contributed by atoms with Gasteiger partial charge in [0.1, 0.15) is 17.3 Å². The molecule has 0 N–H and O–H groups in total. The minimum absolute atomic E-state index is 0.0263. The molecule has 3 rings (SSSR count). The minimum atomic E-state index is -0.0977. The summed E-state index contributed by atoms with van der Waals surface area (Å²) >= 11 is 0. The van der Waals surface area contributed by atoms with Gasteiger partial charge in [0.15, 0.2) is 5.78 Å². The van der Waals surface area contributed by atoms with E-state index in [1.54, 1.807) is 7.11 Å². The molecule has 0 aliphatic heterocycles. The van der Waals surface area contributed by atoms with Crippen LogP contribution >= 0.6 is 0 Å². The first kappa shape index (κ1) is 30.5. The van der Waals surface area contributed by atoms with Crippen LogP contribution in [0.3, 0.4) is 0 Å². The Balaban J connectivity index is 0.00000153. The lowest BCUT2D eigenvalue weighted by atomic mass is 9.71. The molecule has 1 aliphatic carbocycles. The average molecular weight is 507 g/mol. The van der Waals surface area contributed by atoms with E-state index < -0.39 is 0 Å². The second-order valence-corrected chi connectivity index (χ2v) is 10.5. The lowest BCUT2D eigenvalue weighted by molar-refractivity contribution is -0.129. The summed E-state index contributed by atoms with van der Waals surface area (Å²) in [5, 5.41) is 0. The highest BCUT2D eigenvalue weighted by atomic mass is 16.5. The molecule has 0 radical (unpaired) electrons. The van der Waals surface area contributed by atoms with Gasteiger partial charge in [0, 0.05) is 17.9 Å². The van der Waals surface area contributed by atoms with Crippen LogP contribution in [0.1, 0.15) is 101 Å². The number of hydrogen-bond acceptors (Lipinski definition) is 4. The molecule has 37 heavy (non-hydrogen) atoms. The van der Waals surface area contributed by atoms with Gasteiger partial charge in [0.2, 0.25) is 0 Å². The molecule has 0 saturated heterocycles. The lowest BCUT2D eigenvalue weighted by Crippen LogP contribution is -2.29. The number of carbonyl (C=O) groups excluding carboxylic acids is 3. The van der Waals surface area contributed by atoms with Crippen LogP contribution in [0.5, 0.6) is 5.75 Å². The summed E-state index contributed by atoms with van der Waals surface area (Å²) in [6.07, 6.45) is 6.22. The third-order valence-corrected chi connectivity index (χ3v) is 7.35. The monoisotopic (exact) mass is 506 g/mol. The zero-order valence-electron chi connectivity index (χ0n) is 24.0. The zero-order valence-corrected chi connectivity index (χ0v) is 24.0. The summed E-state index contributed by atoms with van der Waals surface area (Å²) < 4.78 is 5.27. The van der Waals surface area contributed by atoms with Crippen LogP contribution in [0, 0.1) is 24.7 Å². The van der Waals surface area contributed by atoms with Crippen molar-refractivity contribution in [2.75, 3.05) is 7.11 Å². The molecule has 2 aromatic rings. The lowest BCUT2D eigenvalue weighted by Gasteiger charge is -2.32. The maximum absolute atomic E-state index is 13.3. The summed E-state index contributed by atoms with van der Waals surface area (Å²) in [4.78, 5) is 37.6. The van der Waals surface area contributed by atoms with Crippen LogP contribution in [0.15, 0.2) is 36.4 Å². The van der Waals surface area contributed by atoms with E-state index in [1.165, 1.54) is 13.3 Å². The van der Waals surface area contributed by atoms with E-state index in [1.807, 2.05) is 38.1 Å². The first-order chi connectivity index (χ1) is 17.7. The predicted molar refractivity (Wildman–Crippen MR) is 152 cm³/mol. The van der Waals surface area contributed by atoms with Crippen molar-refractivity contribution in [3.63, 3.8) is 0 Å². The molecule has 0 bridgehead atoms. The Morgan fingerprint density at radius 3 is 2.19 bits per heavy atom. The van der Waals surface area contributed by atoms with Crippen LogP contribution in [0.2, 0.25) is 0 Å². The highest BCUT2D eigenvalue weighted by Gasteiger charge is 2.33. The fraction of sp³-hybridized carbons (Fsp3) is 0.545. The maximum atomic E-state index is 13.3. The standard InChI is InChI=1S/C30H38O4.C3H8/c1-6-8-23(26(7-2)28(32)15-19(3)31)16-21-17-24-11-14-27(20(4)30(24)29(33)18-21)22-9-12-25(34-5)13-10-22;1-3-2/h9-14,21,23,26H,6-8,15-18H2,1-5H3;3H2,1-2H3. The number of carbonyl (C=O) groups is 3. The number of benzene rings is 2. The van der Waals surface area contributed by atoms with Crippen molar-refractivity contribution in [2.24, 2.45) is 17.8 Å². The fourth-order valence-corrected chi connectivity index (χ4v) is 5.81. The van der Waals surface area contributed by atoms with E-state index in [0.717, 1.165) is 65.7 Å². The normalized spacial score (nSPS) is 16.2. The third kappa shape index (κ3) is 8.12. The van der Waals surface area contributed by atoms with Gasteiger partial charge in [-0.1, -0.05) is 71.2 Å². The Kier molecular flexibility index (Phi) is 12.2. The van der Waals surface area contributed by atoms with Crippen molar-refractivity contribution >= 4 is 17.3 Å². The Morgan fingerprint density at radius 1 is 1.00 bits per heavy atom. The number of rotatable bonds is 11. The number of ether oxygens (including phenoxy) is 1. The molecule has 0 heterocycles. The number of hydrogen-bond donors (Lipinski definition) is 0. The van der Waals surface area contributed by atoms with Crippen LogP contribution in [-0.4, -0.2) is 24.5 Å². The number of ketones is 3. The third-order valence-electron chi connectivity index (χ3n) is 7.35. The Hall–Kier alpha value is -2.75. The summed E-state index contributed by atoms with van der Waals surface area (Å²) in [5.74, 6) is 1.38. The Labute approximate surface area is 224 Å². The highest BCUT2D eigenvalue weighted by Crippen LogP contribution is 2.38. The Bertz CT molecular complexity index is 1050. The molecular formula is C33H46O4. The van der Waals surface area contributed by atoms with Gasteiger partial charge in [-0.05, 0) is 79.3 Å². The van der Waals surface area contributed by atoms with Gasteiger partial charge >= 0.3 is 0 Å². The van der Waals surface area contributed by atoms with Crippen LogP contribution in [0.25, 0.3) is 11.1 Å². The van der Waals surface area contributed by atoms with E-state index in [-0.39, 0.29) is 41.5 Å². The van der Waals surface area contributed by atoms with Crippen molar-refractivity contribution in [1.29, 1.82) is 0 Å². The molecular weight excluding hydrogens is 460 g/mol. The average Bonchev–Trinajstić information content (AvgIpc) is 2.85. The molecule has 0 aromatic heterocycles. The molecule has 1 aliphatic rings. The number of methoxy groups -OCH3 is 1. The molecule has 2 aromatic carbocycles. The van der Waals surface area contributed by atoms with Gasteiger partial charge in [0.25, 0.3) is 0 Å². The second-order valence-electron chi connectivity index (χ2n) is 10.5. The van der Waals surface area contributed by atoms with Gasteiger partial charge in [-0.15, -0.1) is 0 Å². The fourth-order valence-electron chi connectivity index (χ4n) is 5.81. The number of Topliss-reactive ketones (excluding diaryl/α,β-unsaturated/α-hetero) is 3. The van der Waals surface area contributed by atoms with Crippen LogP contribution in [0.4, 0.5) is 0 Å². The molecule has 4 heteroatoms. The van der Waals surface area contributed by atoms with E-state index in [2.05, 4.69) is 32.9 Å². The first-order valence-electron chi connectivity index (χ1n) is 14.0. The molecule has 3 unspecified atom stereocenters. The van der Waals surface area contributed by atoms with Crippen molar-refractivity contribution < 1.29 is 19.1 Å². The van der Waals surface area contributed by atoms with E-state index >= 15 is 0 Å². The maximum Gasteiger partial charge on any atom is 0.163 e. The predicted octanol–water partition coefficient (Wildman–Crippen LogP) is 8.21.